The van der Waals surface area contributed by atoms with Crippen LogP contribution in [0.1, 0.15) is 27.2 Å². The number of halogens is 1. The Balaban J connectivity index is 2.34. The predicted octanol–water partition coefficient (Wildman–Crippen LogP) is 3.80. The van der Waals surface area contributed by atoms with E-state index < -0.39 is 27.8 Å². The Bertz CT molecular complexity index is 931. The normalized spacial score (nSPS) is 12.5. The monoisotopic (exact) mass is 408 g/mol. The number of ether oxygens (including phenoxy) is 1. The molecule has 2 aromatic rings. The van der Waals surface area contributed by atoms with E-state index >= 15 is 0 Å². The Morgan fingerprint density at radius 3 is 2.43 bits per heavy atom. The van der Waals surface area contributed by atoms with Crippen LogP contribution in [-0.2, 0) is 14.8 Å². The van der Waals surface area contributed by atoms with Crippen molar-refractivity contribution in [1.29, 1.82) is 0 Å². The minimum atomic E-state index is -3.91. The molecule has 0 unspecified atom stereocenters. The van der Waals surface area contributed by atoms with E-state index in [1.54, 1.807) is 31.2 Å². The second kappa shape index (κ2) is 9.05. The Morgan fingerprint density at radius 1 is 1.18 bits per heavy atom. The van der Waals surface area contributed by atoms with Gasteiger partial charge in [-0.2, -0.15) is 0 Å². The first-order chi connectivity index (χ1) is 13.1. The van der Waals surface area contributed by atoms with E-state index in [1.165, 1.54) is 18.2 Å². The topological polar surface area (TPSA) is 75.7 Å². The summed E-state index contributed by atoms with van der Waals surface area (Å²) in [5.41, 5.74) is 0.299. The molecule has 0 aliphatic heterocycles. The number of benzene rings is 2. The molecule has 1 atom stereocenters. The summed E-state index contributed by atoms with van der Waals surface area (Å²) in [5, 5.41) is 2.70. The van der Waals surface area contributed by atoms with Gasteiger partial charge in [-0.15, -0.1) is 0 Å². The van der Waals surface area contributed by atoms with Gasteiger partial charge in [0.15, 0.2) is 0 Å². The fraction of sp³-hybridized carbons (Fsp3) is 0.350. The molecule has 152 valence electrons. The summed E-state index contributed by atoms with van der Waals surface area (Å²) in [6.45, 7) is 5.44. The van der Waals surface area contributed by atoms with Crippen molar-refractivity contribution < 1.29 is 22.3 Å². The zero-order valence-corrected chi connectivity index (χ0v) is 17.2. The van der Waals surface area contributed by atoms with Crippen LogP contribution in [0.15, 0.2) is 48.5 Å². The van der Waals surface area contributed by atoms with Gasteiger partial charge in [-0.25, -0.2) is 12.8 Å². The van der Waals surface area contributed by atoms with Gasteiger partial charge in [0.05, 0.1) is 18.0 Å². The molecule has 28 heavy (non-hydrogen) atoms. The van der Waals surface area contributed by atoms with Crippen molar-refractivity contribution in [1.82, 2.24) is 0 Å². The first-order valence-corrected chi connectivity index (χ1v) is 10.8. The van der Waals surface area contributed by atoms with E-state index in [9.17, 15) is 17.6 Å². The zero-order chi connectivity index (χ0) is 20.9. The van der Waals surface area contributed by atoms with Crippen molar-refractivity contribution in [3.8, 4) is 5.75 Å². The minimum absolute atomic E-state index is 0.0314. The number of nitrogens with zero attached hydrogens (tertiary/aromatic N) is 1. The molecule has 0 heterocycles. The summed E-state index contributed by atoms with van der Waals surface area (Å²) < 4.78 is 45.5. The summed E-state index contributed by atoms with van der Waals surface area (Å²) >= 11 is 0. The third kappa shape index (κ3) is 5.45. The molecule has 1 N–H and O–H groups in total. The molecule has 0 saturated heterocycles. The van der Waals surface area contributed by atoms with Gasteiger partial charge in [0, 0.05) is 11.8 Å². The van der Waals surface area contributed by atoms with Crippen molar-refractivity contribution in [3.05, 3.63) is 54.3 Å². The van der Waals surface area contributed by atoms with Gasteiger partial charge in [0.25, 0.3) is 0 Å². The van der Waals surface area contributed by atoms with Crippen LogP contribution in [0, 0.1) is 5.82 Å². The highest BCUT2D eigenvalue weighted by atomic mass is 32.2. The number of hydrogen-bond donors (Lipinski definition) is 1. The number of carbonyl (C=O) groups is 1. The van der Waals surface area contributed by atoms with E-state index in [4.69, 9.17) is 4.74 Å². The van der Waals surface area contributed by atoms with Gasteiger partial charge in [0.1, 0.15) is 17.6 Å². The average Bonchev–Trinajstić information content (AvgIpc) is 2.59. The van der Waals surface area contributed by atoms with E-state index in [2.05, 4.69) is 5.32 Å². The summed E-state index contributed by atoms with van der Waals surface area (Å²) in [6, 6.07) is 11.2. The molecule has 2 aromatic carbocycles. The van der Waals surface area contributed by atoms with Crippen molar-refractivity contribution in [2.24, 2.45) is 0 Å². The van der Waals surface area contributed by atoms with E-state index in [1.807, 2.05) is 13.8 Å². The number of para-hydroxylation sites is 1. The summed E-state index contributed by atoms with van der Waals surface area (Å²) in [6.07, 6.45) is 1.08. The van der Waals surface area contributed by atoms with Crippen molar-refractivity contribution in [2.75, 3.05) is 15.9 Å². The van der Waals surface area contributed by atoms with Crippen LogP contribution in [0.4, 0.5) is 15.8 Å². The Morgan fingerprint density at radius 2 is 1.86 bits per heavy atom. The van der Waals surface area contributed by atoms with Crippen LogP contribution in [-0.4, -0.2) is 32.7 Å². The molecule has 0 saturated carbocycles. The number of hydrogen-bond acceptors (Lipinski definition) is 4. The Labute approximate surface area is 165 Å². The second-order valence-electron chi connectivity index (χ2n) is 6.62. The van der Waals surface area contributed by atoms with Crippen LogP contribution in [0.3, 0.4) is 0 Å². The molecule has 2 rings (SSSR count). The van der Waals surface area contributed by atoms with E-state index in [0.717, 1.165) is 16.6 Å². The van der Waals surface area contributed by atoms with Crippen molar-refractivity contribution >= 4 is 27.3 Å². The smallest absolute Gasteiger partial charge is 0.248 e. The molecule has 6 nitrogen and oxygen atoms in total. The zero-order valence-electron chi connectivity index (χ0n) is 16.3. The minimum Gasteiger partial charge on any atom is -0.491 e. The molecular formula is C20H25FN2O4S. The van der Waals surface area contributed by atoms with E-state index in [-0.39, 0.29) is 18.2 Å². The highest BCUT2D eigenvalue weighted by Crippen LogP contribution is 2.26. The van der Waals surface area contributed by atoms with Crippen LogP contribution in [0.5, 0.6) is 5.75 Å². The van der Waals surface area contributed by atoms with Crippen LogP contribution in [0.25, 0.3) is 0 Å². The first kappa shape index (κ1) is 21.7. The summed E-state index contributed by atoms with van der Waals surface area (Å²) in [4.78, 5) is 12.9. The van der Waals surface area contributed by atoms with Crippen molar-refractivity contribution in [3.63, 3.8) is 0 Å². The maximum atomic E-state index is 14.3. The highest BCUT2D eigenvalue weighted by Gasteiger charge is 2.33. The lowest BCUT2D eigenvalue weighted by molar-refractivity contribution is -0.117. The molecule has 0 radical (unpaired) electrons. The van der Waals surface area contributed by atoms with Crippen LogP contribution in [0.2, 0.25) is 0 Å². The number of sulfonamides is 1. The van der Waals surface area contributed by atoms with Crippen molar-refractivity contribution in [2.45, 2.75) is 39.3 Å². The lowest BCUT2D eigenvalue weighted by Gasteiger charge is -2.30. The third-order valence-electron chi connectivity index (χ3n) is 3.89. The first-order valence-electron chi connectivity index (χ1n) is 8.95. The molecule has 0 spiro atoms. The SMILES string of the molecule is CC[C@H](C(=O)Nc1cccc(OC(C)C)c1)N(c1ccccc1F)S(C)(=O)=O. The average molecular weight is 408 g/mol. The maximum absolute atomic E-state index is 14.3. The van der Waals surface area contributed by atoms with Gasteiger partial charge in [-0.3, -0.25) is 9.10 Å². The van der Waals surface area contributed by atoms with Gasteiger partial charge in [-0.05, 0) is 44.5 Å². The van der Waals surface area contributed by atoms with Crippen LogP contribution >= 0.6 is 0 Å². The lowest BCUT2D eigenvalue weighted by Crippen LogP contribution is -2.47. The number of carbonyl (C=O) groups excluding carboxylic acids is 1. The quantitative estimate of drug-likeness (QED) is 0.721. The molecule has 8 heteroatoms. The summed E-state index contributed by atoms with van der Waals surface area (Å²) in [7, 11) is -3.91. The largest absolute Gasteiger partial charge is 0.491 e. The summed E-state index contributed by atoms with van der Waals surface area (Å²) in [5.74, 6) is -0.695. The number of rotatable bonds is 8. The molecule has 0 aliphatic carbocycles. The standard InChI is InChI=1S/C20H25FN2O4S/c1-5-18(23(28(4,25)26)19-12-7-6-11-17(19)21)20(24)22-15-9-8-10-16(13-15)27-14(2)3/h6-14,18H,5H2,1-4H3,(H,22,24)/t18-/m1/s1. The second-order valence-corrected chi connectivity index (χ2v) is 8.48. The molecule has 1 amide bonds. The van der Waals surface area contributed by atoms with E-state index in [0.29, 0.717) is 11.4 Å². The van der Waals surface area contributed by atoms with Gasteiger partial charge in [-0.1, -0.05) is 25.1 Å². The van der Waals surface area contributed by atoms with Gasteiger partial charge >= 0.3 is 0 Å². The lowest BCUT2D eigenvalue weighted by atomic mass is 10.1. The maximum Gasteiger partial charge on any atom is 0.248 e. The Kier molecular flexibility index (Phi) is 7.01. The fourth-order valence-electron chi connectivity index (χ4n) is 2.81. The number of amides is 1. The van der Waals surface area contributed by atoms with Gasteiger partial charge < -0.3 is 10.1 Å². The Hall–Kier alpha value is -2.61. The molecule has 0 aliphatic rings. The van der Waals surface area contributed by atoms with Crippen LogP contribution < -0.4 is 14.4 Å². The molecule has 0 bridgehead atoms. The third-order valence-corrected chi connectivity index (χ3v) is 5.06. The predicted molar refractivity (Wildman–Crippen MR) is 109 cm³/mol. The van der Waals surface area contributed by atoms with Gasteiger partial charge in [0.2, 0.25) is 15.9 Å². The number of anilines is 2. The number of nitrogens with one attached hydrogen (secondary N) is 1. The highest BCUT2D eigenvalue weighted by molar-refractivity contribution is 7.92. The fourth-order valence-corrected chi connectivity index (χ4v) is 4.02. The molecular weight excluding hydrogens is 383 g/mol. The molecule has 0 fully saturated rings. The molecule has 0 aromatic heterocycles.